The molecule has 7 nitrogen and oxygen atoms in total. The maximum atomic E-state index is 11.8. The van der Waals surface area contributed by atoms with E-state index in [9.17, 15) is 14.4 Å². The van der Waals surface area contributed by atoms with Gasteiger partial charge in [-0.3, -0.25) is 20.4 Å². The van der Waals surface area contributed by atoms with E-state index in [0.717, 1.165) is 10.8 Å². The molecular weight excluding hydrogens is 360 g/mol. The molecule has 3 aromatic carbocycles. The number of carbonyl (C=O) groups excluding carboxylic acids is 3. The molecule has 3 aromatic rings. The summed E-state index contributed by atoms with van der Waals surface area (Å²) < 4.78 is 10.2. The summed E-state index contributed by atoms with van der Waals surface area (Å²) in [5.41, 5.74) is 4.80. The number of nitrogens with one attached hydrogen (secondary N) is 2. The first kappa shape index (κ1) is 18.9. The Morgan fingerprint density at radius 3 is 2.25 bits per heavy atom. The Morgan fingerprint density at radius 2 is 1.46 bits per heavy atom. The van der Waals surface area contributed by atoms with E-state index < -0.39 is 24.4 Å². The van der Waals surface area contributed by atoms with Crippen molar-refractivity contribution in [3.8, 4) is 5.75 Å². The lowest BCUT2D eigenvalue weighted by atomic mass is 10.1. The molecule has 3 rings (SSSR count). The highest BCUT2D eigenvalue weighted by Gasteiger charge is 2.10. The highest BCUT2D eigenvalue weighted by atomic mass is 16.6. The van der Waals surface area contributed by atoms with Crippen LogP contribution in [0.25, 0.3) is 10.8 Å². The average molecular weight is 378 g/mol. The van der Waals surface area contributed by atoms with E-state index in [1.54, 1.807) is 36.4 Å². The summed E-state index contributed by atoms with van der Waals surface area (Å²) in [4.78, 5) is 35.2. The predicted molar refractivity (Wildman–Crippen MR) is 102 cm³/mol. The van der Waals surface area contributed by atoms with Crippen LogP contribution in [0.5, 0.6) is 5.75 Å². The van der Waals surface area contributed by atoms with Gasteiger partial charge in [0.1, 0.15) is 5.75 Å². The normalized spacial score (nSPS) is 10.1. The van der Waals surface area contributed by atoms with E-state index in [0.29, 0.717) is 11.3 Å². The first-order valence-corrected chi connectivity index (χ1v) is 8.53. The number of benzene rings is 3. The van der Waals surface area contributed by atoms with Crippen molar-refractivity contribution in [3.05, 3.63) is 78.4 Å². The fourth-order valence-electron chi connectivity index (χ4n) is 2.41. The van der Waals surface area contributed by atoms with Crippen molar-refractivity contribution >= 4 is 28.6 Å². The molecule has 0 spiro atoms. The Morgan fingerprint density at radius 1 is 0.750 bits per heavy atom. The number of ether oxygens (including phenoxy) is 2. The van der Waals surface area contributed by atoms with Crippen LogP contribution in [0.15, 0.2) is 72.8 Å². The number of hydrogen-bond acceptors (Lipinski definition) is 5. The lowest BCUT2D eigenvalue weighted by Crippen LogP contribution is -2.43. The van der Waals surface area contributed by atoms with Gasteiger partial charge in [0.15, 0.2) is 13.2 Å². The summed E-state index contributed by atoms with van der Waals surface area (Å²) in [7, 11) is 0. The highest BCUT2D eigenvalue weighted by molar-refractivity contribution is 5.95. The van der Waals surface area contributed by atoms with Crippen LogP contribution in [0.2, 0.25) is 0 Å². The van der Waals surface area contributed by atoms with Crippen molar-refractivity contribution in [2.75, 3.05) is 13.2 Å². The van der Waals surface area contributed by atoms with Crippen LogP contribution in [-0.2, 0) is 14.3 Å². The van der Waals surface area contributed by atoms with Gasteiger partial charge in [-0.1, -0.05) is 48.5 Å². The van der Waals surface area contributed by atoms with Crippen molar-refractivity contribution in [1.29, 1.82) is 0 Å². The average Bonchev–Trinajstić information content (AvgIpc) is 2.75. The van der Waals surface area contributed by atoms with Gasteiger partial charge in [0.05, 0.1) is 0 Å². The topological polar surface area (TPSA) is 93.7 Å². The molecule has 2 N–H and O–H groups in total. The lowest BCUT2D eigenvalue weighted by molar-refractivity contribution is -0.150. The molecule has 0 radical (unpaired) electrons. The number of hydrogen-bond donors (Lipinski definition) is 2. The van der Waals surface area contributed by atoms with Crippen molar-refractivity contribution in [2.45, 2.75) is 0 Å². The fourth-order valence-corrected chi connectivity index (χ4v) is 2.41. The molecule has 0 aliphatic heterocycles. The largest absolute Gasteiger partial charge is 0.482 e. The van der Waals surface area contributed by atoms with Gasteiger partial charge in [0.25, 0.3) is 11.8 Å². The number of esters is 1. The van der Waals surface area contributed by atoms with E-state index in [2.05, 4.69) is 10.9 Å². The summed E-state index contributed by atoms with van der Waals surface area (Å²) in [6.07, 6.45) is 0. The van der Waals surface area contributed by atoms with E-state index in [4.69, 9.17) is 9.47 Å². The zero-order valence-electron chi connectivity index (χ0n) is 14.9. The van der Waals surface area contributed by atoms with Gasteiger partial charge in [-0.15, -0.1) is 0 Å². The maximum absolute atomic E-state index is 11.8. The Labute approximate surface area is 161 Å². The minimum Gasteiger partial charge on any atom is -0.482 e. The smallest absolute Gasteiger partial charge is 0.344 e. The molecule has 0 saturated carbocycles. The number of rotatable bonds is 6. The van der Waals surface area contributed by atoms with Crippen LogP contribution in [0.3, 0.4) is 0 Å². The van der Waals surface area contributed by atoms with E-state index >= 15 is 0 Å². The summed E-state index contributed by atoms with van der Waals surface area (Å²) in [6, 6.07) is 21.6. The molecule has 0 aromatic heterocycles. The Bertz CT molecular complexity index is 988. The van der Waals surface area contributed by atoms with Crippen molar-refractivity contribution in [1.82, 2.24) is 10.9 Å². The second-order valence-electron chi connectivity index (χ2n) is 5.83. The first-order chi connectivity index (χ1) is 13.6. The van der Waals surface area contributed by atoms with Gasteiger partial charge < -0.3 is 9.47 Å². The molecule has 0 aliphatic carbocycles. The second-order valence-corrected chi connectivity index (χ2v) is 5.83. The van der Waals surface area contributed by atoms with Crippen molar-refractivity contribution in [3.63, 3.8) is 0 Å². The van der Waals surface area contributed by atoms with E-state index in [-0.39, 0.29) is 6.61 Å². The maximum Gasteiger partial charge on any atom is 0.344 e. The molecule has 0 unspecified atom stereocenters. The molecule has 0 bridgehead atoms. The van der Waals surface area contributed by atoms with Gasteiger partial charge in [0, 0.05) is 5.56 Å². The van der Waals surface area contributed by atoms with Crippen LogP contribution in [-0.4, -0.2) is 31.0 Å². The minimum atomic E-state index is -0.697. The Kier molecular flexibility index (Phi) is 6.20. The lowest BCUT2D eigenvalue weighted by Gasteiger charge is -2.09. The first-order valence-electron chi connectivity index (χ1n) is 8.53. The third-order valence-corrected chi connectivity index (χ3v) is 3.79. The zero-order chi connectivity index (χ0) is 19.8. The van der Waals surface area contributed by atoms with Crippen LogP contribution in [0.4, 0.5) is 0 Å². The predicted octanol–water partition coefficient (Wildman–Crippen LogP) is 2.22. The number of fused-ring (bicyclic) bond motifs is 1. The molecule has 0 atom stereocenters. The van der Waals surface area contributed by atoms with Crippen LogP contribution in [0.1, 0.15) is 10.4 Å². The van der Waals surface area contributed by atoms with Crippen LogP contribution < -0.4 is 15.6 Å². The number of hydrazine groups is 1. The number of amides is 2. The van der Waals surface area contributed by atoms with Crippen LogP contribution in [0, 0.1) is 0 Å². The number of carbonyl (C=O) groups is 3. The fraction of sp³-hybridized carbons (Fsp3) is 0.0952. The third kappa shape index (κ3) is 5.31. The van der Waals surface area contributed by atoms with Gasteiger partial charge in [-0.25, -0.2) is 4.79 Å². The molecular formula is C21H18N2O5. The molecule has 0 fully saturated rings. The minimum absolute atomic E-state index is 0.331. The van der Waals surface area contributed by atoms with Gasteiger partial charge in [-0.2, -0.15) is 0 Å². The summed E-state index contributed by atoms with van der Waals surface area (Å²) >= 11 is 0. The molecule has 28 heavy (non-hydrogen) atoms. The van der Waals surface area contributed by atoms with E-state index in [1.165, 1.54) is 0 Å². The van der Waals surface area contributed by atoms with Crippen molar-refractivity contribution in [2.24, 2.45) is 0 Å². The third-order valence-electron chi connectivity index (χ3n) is 3.79. The molecule has 0 aliphatic rings. The summed E-state index contributed by atoms with van der Waals surface area (Å²) in [5, 5.41) is 2.05. The Balaban J connectivity index is 1.38. The highest BCUT2D eigenvalue weighted by Crippen LogP contribution is 2.20. The Hall–Kier alpha value is -3.87. The molecule has 0 saturated heterocycles. The van der Waals surface area contributed by atoms with E-state index in [1.807, 2.05) is 36.4 Å². The second kappa shape index (κ2) is 9.18. The van der Waals surface area contributed by atoms with Crippen LogP contribution >= 0.6 is 0 Å². The van der Waals surface area contributed by atoms with Gasteiger partial charge in [-0.05, 0) is 35.0 Å². The monoisotopic (exact) mass is 378 g/mol. The van der Waals surface area contributed by atoms with Gasteiger partial charge in [0.2, 0.25) is 0 Å². The zero-order valence-corrected chi connectivity index (χ0v) is 14.9. The quantitative estimate of drug-likeness (QED) is 0.507. The summed E-state index contributed by atoms with van der Waals surface area (Å²) in [5.74, 6) is -1.31. The van der Waals surface area contributed by atoms with Gasteiger partial charge >= 0.3 is 5.97 Å². The molecule has 7 heteroatoms. The molecule has 142 valence electrons. The SMILES string of the molecule is O=C(COC(=O)COc1ccc2ccccc2c1)NNC(=O)c1ccccc1. The van der Waals surface area contributed by atoms with Crippen molar-refractivity contribution < 1.29 is 23.9 Å². The standard InChI is InChI=1S/C21H18N2O5/c24-19(22-23-21(26)16-7-2-1-3-8-16)13-28-20(25)14-27-18-11-10-15-6-4-5-9-17(15)12-18/h1-12H,13-14H2,(H,22,24)(H,23,26). The molecule has 0 heterocycles. The summed E-state index contributed by atoms with van der Waals surface area (Å²) in [6.45, 7) is -0.864. The molecule has 2 amide bonds.